The Labute approximate surface area is 169 Å². The van der Waals surface area contributed by atoms with Crippen molar-refractivity contribution in [1.82, 2.24) is 14.5 Å². The maximum atomic E-state index is 14.0. The van der Waals surface area contributed by atoms with Crippen molar-refractivity contribution < 1.29 is 13.5 Å². The number of piperidine rings is 1. The Balaban J connectivity index is 0.00000225. The molecule has 2 heterocycles. The van der Waals surface area contributed by atoms with Gasteiger partial charge in [-0.15, -0.1) is 12.4 Å². The maximum Gasteiger partial charge on any atom is 0.326 e. The standard InChI is InChI=1S/C20H27F2N3O2.ClH/c1-20(7-3-15(27-2)4-8-20)24-9-5-14(6-10-24)25-17-12-13(21)11-16(22)18(17)23-19(25)26;/h11-12,14-15H,3-10H2,1-2H3,(H,23,26);1H. The van der Waals surface area contributed by atoms with Crippen LogP contribution in [0.1, 0.15) is 51.5 Å². The number of rotatable bonds is 3. The van der Waals surface area contributed by atoms with Crippen molar-refractivity contribution in [3.05, 3.63) is 34.3 Å². The Hall–Kier alpha value is -1.44. The van der Waals surface area contributed by atoms with E-state index in [1.54, 1.807) is 11.7 Å². The minimum absolute atomic E-state index is 0. The van der Waals surface area contributed by atoms with E-state index in [0.717, 1.165) is 57.7 Å². The summed E-state index contributed by atoms with van der Waals surface area (Å²) in [6.45, 7) is 4.09. The number of likely N-dealkylation sites (tertiary alicyclic amines) is 1. The fraction of sp³-hybridized carbons (Fsp3) is 0.650. The molecule has 0 atom stereocenters. The number of hydrogen-bond acceptors (Lipinski definition) is 3. The Morgan fingerprint density at radius 2 is 1.79 bits per heavy atom. The number of methoxy groups -OCH3 is 1. The van der Waals surface area contributed by atoms with Crippen LogP contribution in [0.15, 0.2) is 16.9 Å². The number of ether oxygens (including phenoxy) is 1. The molecule has 5 nitrogen and oxygen atoms in total. The summed E-state index contributed by atoms with van der Waals surface area (Å²) in [5, 5.41) is 0. The molecule has 156 valence electrons. The van der Waals surface area contributed by atoms with E-state index in [4.69, 9.17) is 4.74 Å². The van der Waals surface area contributed by atoms with Crippen LogP contribution in [0.4, 0.5) is 8.78 Å². The quantitative estimate of drug-likeness (QED) is 0.823. The Kier molecular flexibility index (Phi) is 6.17. The van der Waals surface area contributed by atoms with Crippen LogP contribution in [0.3, 0.4) is 0 Å². The second-order valence-electron chi connectivity index (χ2n) is 8.23. The second kappa shape index (κ2) is 8.13. The molecular weight excluding hydrogens is 388 g/mol. The molecule has 1 aromatic carbocycles. The zero-order valence-electron chi connectivity index (χ0n) is 16.3. The van der Waals surface area contributed by atoms with Gasteiger partial charge in [-0.1, -0.05) is 0 Å². The van der Waals surface area contributed by atoms with Crippen LogP contribution in [-0.2, 0) is 4.74 Å². The molecule has 0 bridgehead atoms. The predicted molar refractivity (Wildman–Crippen MR) is 107 cm³/mol. The van der Waals surface area contributed by atoms with Gasteiger partial charge >= 0.3 is 5.69 Å². The third-order valence-corrected chi connectivity index (χ3v) is 6.68. The molecule has 4 rings (SSSR count). The van der Waals surface area contributed by atoms with E-state index in [-0.39, 0.29) is 35.2 Å². The molecule has 2 aliphatic rings. The molecule has 8 heteroatoms. The first-order chi connectivity index (χ1) is 12.9. The summed E-state index contributed by atoms with van der Waals surface area (Å²) in [4.78, 5) is 17.5. The lowest BCUT2D eigenvalue weighted by atomic mass is 9.79. The average molecular weight is 416 g/mol. The average Bonchev–Trinajstić information content (AvgIpc) is 2.99. The first-order valence-corrected chi connectivity index (χ1v) is 9.78. The van der Waals surface area contributed by atoms with Crippen LogP contribution in [0.25, 0.3) is 11.0 Å². The van der Waals surface area contributed by atoms with Gasteiger partial charge in [0.2, 0.25) is 0 Å². The number of fused-ring (bicyclic) bond motifs is 1. The highest BCUT2D eigenvalue weighted by Gasteiger charge is 2.38. The van der Waals surface area contributed by atoms with E-state index in [2.05, 4.69) is 16.8 Å². The normalized spacial score (nSPS) is 27.1. The molecule has 1 aromatic heterocycles. The summed E-state index contributed by atoms with van der Waals surface area (Å²) in [7, 11) is 1.78. The van der Waals surface area contributed by atoms with Gasteiger partial charge in [0.15, 0.2) is 5.82 Å². The van der Waals surface area contributed by atoms with Gasteiger partial charge in [-0.2, -0.15) is 0 Å². The van der Waals surface area contributed by atoms with Crippen molar-refractivity contribution in [2.45, 2.75) is 63.1 Å². The van der Waals surface area contributed by atoms with Gasteiger partial charge < -0.3 is 9.72 Å². The summed E-state index contributed by atoms with van der Waals surface area (Å²) < 4.78 is 34.7. The molecule has 1 saturated heterocycles. The van der Waals surface area contributed by atoms with E-state index >= 15 is 0 Å². The van der Waals surface area contributed by atoms with Crippen LogP contribution in [-0.4, -0.2) is 46.3 Å². The number of benzene rings is 1. The molecule has 2 aromatic rings. The molecule has 0 radical (unpaired) electrons. The molecule has 28 heavy (non-hydrogen) atoms. The highest BCUT2D eigenvalue weighted by Crippen LogP contribution is 2.37. The number of halogens is 3. The van der Waals surface area contributed by atoms with Crippen molar-refractivity contribution in [3.63, 3.8) is 0 Å². The zero-order chi connectivity index (χ0) is 19.2. The second-order valence-corrected chi connectivity index (χ2v) is 8.23. The van der Waals surface area contributed by atoms with Crippen molar-refractivity contribution in [3.8, 4) is 0 Å². The van der Waals surface area contributed by atoms with Crippen molar-refractivity contribution in [2.75, 3.05) is 20.2 Å². The van der Waals surface area contributed by atoms with Gasteiger partial charge in [0.1, 0.15) is 11.3 Å². The molecule has 1 aliphatic heterocycles. The number of H-pyrrole nitrogens is 1. The van der Waals surface area contributed by atoms with Gasteiger partial charge in [0, 0.05) is 43.9 Å². The summed E-state index contributed by atoms with van der Waals surface area (Å²) >= 11 is 0. The van der Waals surface area contributed by atoms with E-state index in [1.165, 1.54) is 6.07 Å². The first kappa shape index (κ1) is 21.3. The van der Waals surface area contributed by atoms with Crippen LogP contribution in [0.2, 0.25) is 0 Å². The number of aromatic nitrogens is 2. The Morgan fingerprint density at radius 1 is 1.14 bits per heavy atom. The third kappa shape index (κ3) is 3.72. The summed E-state index contributed by atoms with van der Waals surface area (Å²) in [5.74, 6) is -1.38. The van der Waals surface area contributed by atoms with Crippen LogP contribution >= 0.6 is 12.4 Å². The fourth-order valence-corrected chi connectivity index (χ4v) is 4.94. The number of imidazole rings is 1. The lowest BCUT2D eigenvalue weighted by Gasteiger charge is -2.48. The molecule has 0 amide bonds. The highest BCUT2D eigenvalue weighted by molar-refractivity contribution is 5.85. The Bertz CT molecular complexity index is 881. The summed E-state index contributed by atoms with van der Waals surface area (Å²) in [6, 6.07) is 2.01. The zero-order valence-corrected chi connectivity index (χ0v) is 17.2. The molecule has 0 unspecified atom stereocenters. The largest absolute Gasteiger partial charge is 0.381 e. The number of nitrogens with zero attached hydrogens (tertiary/aromatic N) is 2. The molecule has 2 fully saturated rings. The minimum Gasteiger partial charge on any atom is -0.381 e. The number of hydrogen-bond donors (Lipinski definition) is 1. The van der Waals surface area contributed by atoms with Gasteiger partial charge in [-0.25, -0.2) is 13.6 Å². The lowest BCUT2D eigenvalue weighted by Crippen LogP contribution is -2.52. The van der Waals surface area contributed by atoms with Crippen LogP contribution in [0, 0.1) is 11.6 Å². The van der Waals surface area contributed by atoms with Gasteiger partial charge in [-0.3, -0.25) is 9.47 Å². The van der Waals surface area contributed by atoms with E-state index in [9.17, 15) is 13.6 Å². The summed E-state index contributed by atoms with van der Waals surface area (Å²) in [5.41, 5.74) is 0.222. The smallest absolute Gasteiger partial charge is 0.326 e. The first-order valence-electron chi connectivity index (χ1n) is 9.78. The Morgan fingerprint density at radius 3 is 2.39 bits per heavy atom. The van der Waals surface area contributed by atoms with Crippen LogP contribution < -0.4 is 5.69 Å². The van der Waals surface area contributed by atoms with Crippen molar-refractivity contribution >= 4 is 23.4 Å². The minimum atomic E-state index is -0.722. The third-order valence-electron chi connectivity index (χ3n) is 6.68. The molecule has 1 N–H and O–H groups in total. The number of nitrogens with one attached hydrogen (secondary N) is 1. The summed E-state index contributed by atoms with van der Waals surface area (Å²) in [6.07, 6.45) is 6.34. The topological polar surface area (TPSA) is 50.3 Å². The highest BCUT2D eigenvalue weighted by atomic mass is 35.5. The number of aromatic amines is 1. The van der Waals surface area contributed by atoms with Gasteiger partial charge in [0.25, 0.3) is 0 Å². The van der Waals surface area contributed by atoms with Crippen molar-refractivity contribution in [1.29, 1.82) is 0 Å². The van der Waals surface area contributed by atoms with E-state index < -0.39 is 11.6 Å². The van der Waals surface area contributed by atoms with Gasteiger partial charge in [0.05, 0.1) is 11.6 Å². The maximum absolute atomic E-state index is 14.0. The molecule has 0 spiro atoms. The van der Waals surface area contributed by atoms with Gasteiger partial charge in [-0.05, 0) is 45.4 Å². The fourth-order valence-electron chi connectivity index (χ4n) is 4.94. The lowest BCUT2D eigenvalue weighted by molar-refractivity contribution is -0.0146. The van der Waals surface area contributed by atoms with E-state index in [1.807, 2.05) is 0 Å². The molecule has 1 aliphatic carbocycles. The molecule has 1 saturated carbocycles. The SMILES string of the molecule is COC1CCC(C)(N2CCC(n3c(=O)[nH]c4c(F)cc(F)cc43)CC2)CC1.Cl. The predicted octanol–water partition coefficient (Wildman–Crippen LogP) is 4.01. The monoisotopic (exact) mass is 415 g/mol. The van der Waals surface area contributed by atoms with Crippen LogP contribution in [0.5, 0.6) is 0 Å². The van der Waals surface area contributed by atoms with E-state index in [0.29, 0.717) is 11.6 Å². The van der Waals surface area contributed by atoms with Crippen molar-refractivity contribution in [2.24, 2.45) is 0 Å². The molecular formula is C20H28ClF2N3O2.